The highest BCUT2D eigenvalue weighted by Crippen LogP contribution is 2.17. The van der Waals surface area contributed by atoms with E-state index in [0.29, 0.717) is 5.92 Å². The summed E-state index contributed by atoms with van der Waals surface area (Å²) in [5.41, 5.74) is 0. The predicted octanol–water partition coefficient (Wildman–Crippen LogP) is 2.13. The van der Waals surface area contributed by atoms with Crippen LogP contribution in [-0.4, -0.2) is 23.2 Å². The van der Waals surface area contributed by atoms with Gasteiger partial charge in [0, 0.05) is 12.3 Å². The van der Waals surface area contributed by atoms with Crippen LogP contribution in [-0.2, 0) is 6.42 Å². The molecule has 1 atom stereocenters. The zero-order valence-corrected chi connectivity index (χ0v) is 10.2. The van der Waals surface area contributed by atoms with Gasteiger partial charge in [-0.25, -0.2) is 0 Å². The quantitative estimate of drug-likeness (QED) is 0.849. The van der Waals surface area contributed by atoms with Crippen molar-refractivity contribution < 1.29 is 4.52 Å². The van der Waals surface area contributed by atoms with Crippen LogP contribution in [0, 0.1) is 5.92 Å². The largest absolute Gasteiger partial charge is 0.339 e. The van der Waals surface area contributed by atoms with Crippen molar-refractivity contribution >= 4 is 0 Å². The van der Waals surface area contributed by atoms with E-state index in [1.165, 1.54) is 19.4 Å². The van der Waals surface area contributed by atoms with E-state index in [0.717, 1.165) is 37.0 Å². The Balaban J connectivity index is 1.79. The van der Waals surface area contributed by atoms with Gasteiger partial charge in [0.2, 0.25) is 5.89 Å². The number of aromatic nitrogens is 2. The Labute approximate surface area is 96.8 Å². The van der Waals surface area contributed by atoms with Crippen LogP contribution < -0.4 is 5.32 Å². The molecular weight excluding hydrogens is 202 g/mol. The molecule has 1 N–H and O–H groups in total. The van der Waals surface area contributed by atoms with E-state index in [1.807, 2.05) is 0 Å². The topological polar surface area (TPSA) is 51.0 Å². The van der Waals surface area contributed by atoms with Gasteiger partial charge < -0.3 is 9.84 Å². The SMILES string of the molecule is CC(C)c1noc(CCC2CCCNC2)n1. The predicted molar refractivity (Wildman–Crippen MR) is 62.3 cm³/mol. The second-order valence-electron chi connectivity index (χ2n) is 4.95. The molecule has 0 saturated carbocycles. The fraction of sp³-hybridized carbons (Fsp3) is 0.833. The lowest BCUT2D eigenvalue weighted by atomic mass is 9.95. The van der Waals surface area contributed by atoms with Gasteiger partial charge >= 0.3 is 0 Å². The Hall–Kier alpha value is -0.900. The summed E-state index contributed by atoms with van der Waals surface area (Å²) in [5, 5.41) is 7.41. The van der Waals surface area contributed by atoms with E-state index in [-0.39, 0.29) is 0 Å². The van der Waals surface area contributed by atoms with Crippen LogP contribution in [0.25, 0.3) is 0 Å². The first kappa shape index (κ1) is 11.6. The minimum Gasteiger partial charge on any atom is -0.339 e. The first-order valence-corrected chi connectivity index (χ1v) is 6.29. The molecule has 1 unspecified atom stereocenters. The summed E-state index contributed by atoms with van der Waals surface area (Å²) in [6.45, 7) is 6.49. The summed E-state index contributed by atoms with van der Waals surface area (Å²) in [5.74, 6) is 2.77. The smallest absolute Gasteiger partial charge is 0.226 e. The highest BCUT2D eigenvalue weighted by atomic mass is 16.5. The van der Waals surface area contributed by atoms with Gasteiger partial charge in [0.05, 0.1) is 0 Å². The number of hydrogen-bond acceptors (Lipinski definition) is 4. The molecule has 90 valence electrons. The third kappa shape index (κ3) is 3.04. The zero-order valence-electron chi connectivity index (χ0n) is 10.2. The molecule has 1 aliphatic rings. The molecule has 4 heteroatoms. The van der Waals surface area contributed by atoms with Crippen molar-refractivity contribution in [1.29, 1.82) is 0 Å². The number of aryl methyl sites for hydroxylation is 1. The molecule has 4 nitrogen and oxygen atoms in total. The summed E-state index contributed by atoms with van der Waals surface area (Å²) in [6, 6.07) is 0. The van der Waals surface area contributed by atoms with Crippen LogP contribution in [0.1, 0.15) is 50.7 Å². The maximum Gasteiger partial charge on any atom is 0.226 e. The van der Waals surface area contributed by atoms with Crippen LogP contribution in [0.3, 0.4) is 0 Å². The summed E-state index contributed by atoms with van der Waals surface area (Å²) >= 11 is 0. The normalized spacial score (nSPS) is 21.6. The van der Waals surface area contributed by atoms with Crippen LogP contribution in [0.15, 0.2) is 4.52 Å². The summed E-state index contributed by atoms with van der Waals surface area (Å²) in [6.07, 6.45) is 4.71. The summed E-state index contributed by atoms with van der Waals surface area (Å²) in [7, 11) is 0. The monoisotopic (exact) mass is 223 g/mol. The Morgan fingerprint density at radius 1 is 1.50 bits per heavy atom. The van der Waals surface area contributed by atoms with Crippen molar-refractivity contribution in [2.75, 3.05) is 13.1 Å². The third-order valence-corrected chi connectivity index (χ3v) is 3.17. The molecule has 0 aliphatic carbocycles. The van der Waals surface area contributed by atoms with Crippen LogP contribution in [0.5, 0.6) is 0 Å². The van der Waals surface area contributed by atoms with E-state index in [4.69, 9.17) is 4.52 Å². The second-order valence-corrected chi connectivity index (χ2v) is 4.95. The Morgan fingerprint density at radius 2 is 2.38 bits per heavy atom. The highest BCUT2D eigenvalue weighted by Gasteiger charge is 2.15. The lowest BCUT2D eigenvalue weighted by Gasteiger charge is -2.21. The van der Waals surface area contributed by atoms with Gasteiger partial charge in [-0.3, -0.25) is 0 Å². The van der Waals surface area contributed by atoms with Gasteiger partial charge in [0.25, 0.3) is 0 Å². The van der Waals surface area contributed by atoms with Crippen molar-refractivity contribution in [2.45, 2.75) is 45.4 Å². The Kier molecular flexibility index (Phi) is 3.93. The molecule has 16 heavy (non-hydrogen) atoms. The van der Waals surface area contributed by atoms with E-state index >= 15 is 0 Å². The van der Waals surface area contributed by atoms with Gasteiger partial charge in [-0.05, 0) is 38.3 Å². The second kappa shape index (κ2) is 5.43. The molecule has 1 aliphatic heterocycles. The summed E-state index contributed by atoms with van der Waals surface area (Å²) in [4.78, 5) is 4.40. The van der Waals surface area contributed by atoms with Gasteiger partial charge in [-0.1, -0.05) is 19.0 Å². The first-order valence-electron chi connectivity index (χ1n) is 6.29. The minimum absolute atomic E-state index is 0.355. The highest BCUT2D eigenvalue weighted by molar-refractivity contribution is 4.92. The maximum atomic E-state index is 5.24. The average Bonchev–Trinajstić information content (AvgIpc) is 2.76. The molecule has 0 spiro atoms. The Bertz CT molecular complexity index is 316. The van der Waals surface area contributed by atoms with E-state index in [1.54, 1.807) is 0 Å². The molecule has 0 bridgehead atoms. The number of nitrogens with one attached hydrogen (secondary N) is 1. The molecule has 1 fully saturated rings. The molecule has 2 rings (SSSR count). The molecule has 0 radical (unpaired) electrons. The van der Waals surface area contributed by atoms with Crippen molar-refractivity contribution in [3.8, 4) is 0 Å². The third-order valence-electron chi connectivity index (χ3n) is 3.17. The molecule has 1 aromatic heterocycles. The molecule has 1 aromatic rings. The molecule has 1 saturated heterocycles. The average molecular weight is 223 g/mol. The number of rotatable bonds is 4. The van der Waals surface area contributed by atoms with Gasteiger partial charge in [0.15, 0.2) is 5.82 Å². The number of piperidine rings is 1. The molecule has 2 heterocycles. The van der Waals surface area contributed by atoms with Crippen LogP contribution in [0.4, 0.5) is 0 Å². The molecule has 0 aromatic carbocycles. The van der Waals surface area contributed by atoms with Gasteiger partial charge in [-0.2, -0.15) is 4.98 Å². The van der Waals surface area contributed by atoms with Crippen molar-refractivity contribution in [3.63, 3.8) is 0 Å². The van der Waals surface area contributed by atoms with Gasteiger partial charge in [-0.15, -0.1) is 0 Å². The standard InChI is InChI=1S/C12H21N3O/c1-9(2)12-14-11(16-15-12)6-5-10-4-3-7-13-8-10/h9-10,13H,3-8H2,1-2H3. The van der Waals surface area contributed by atoms with Gasteiger partial charge in [0.1, 0.15) is 0 Å². The van der Waals surface area contributed by atoms with Crippen molar-refractivity contribution in [3.05, 3.63) is 11.7 Å². The number of hydrogen-bond donors (Lipinski definition) is 1. The maximum absolute atomic E-state index is 5.24. The van der Waals surface area contributed by atoms with Crippen LogP contribution in [0.2, 0.25) is 0 Å². The molecular formula is C12H21N3O. The van der Waals surface area contributed by atoms with E-state index in [9.17, 15) is 0 Å². The lowest BCUT2D eigenvalue weighted by molar-refractivity contribution is 0.325. The fourth-order valence-electron chi connectivity index (χ4n) is 2.10. The van der Waals surface area contributed by atoms with E-state index < -0.39 is 0 Å². The Morgan fingerprint density at radius 3 is 3.00 bits per heavy atom. The number of nitrogens with zero attached hydrogens (tertiary/aromatic N) is 2. The zero-order chi connectivity index (χ0) is 11.4. The van der Waals surface area contributed by atoms with Crippen molar-refractivity contribution in [2.24, 2.45) is 5.92 Å². The van der Waals surface area contributed by atoms with E-state index in [2.05, 4.69) is 29.3 Å². The van der Waals surface area contributed by atoms with Crippen LogP contribution >= 0.6 is 0 Å². The lowest BCUT2D eigenvalue weighted by Crippen LogP contribution is -2.29. The minimum atomic E-state index is 0.355. The fourth-order valence-corrected chi connectivity index (χ4v) is 2.10. The summed E-state index contributed by atoms with van der Waals surface area (Å²) < 4.78 is 5.24. The first-order chi connectivity index (χ1) is 7.75. The van der Waals surface area contributed by atoms with Crippen molar-refractivity contribution in [1.82, 2.24) is 15.5 Å². The molecule has 0 amide bonds.